The van der Waals surface area contributed by atoms with Crippen molar-refractivity contribution in [3.63, 3.8) is 0 Å². The number of hydrogen-bond donors (Lipinski definition) is 3. The number of rotatable bonds is 9. The molecule has 10 nitrogen and oxygen atoms in total. The van der Waals surface area contributed by atoms with Crippen LogP contribution in [0.15, 0.2) is 48.7 Å². The van der Waals surface area contributed by atoms with E-state index in [0.29, 0.717) is 29.7 Å². The van der Waals surface area contributed by atoms with E-state index in [2.05, 4.69) is 20.9 Å². The van der Waals surface area contributed by atoms with Gasteiger partial charge in [0.1, 0.15) is 21.6 Å². The molecule has 4 aromatic rings. The van der Waals surface area contributed by atoms with Gasteiger partial charge < -0.3 is 20.7 Å². The van der Waals surface area contributed by atoms with E-state index >= 15 is 0 Å². The number of amides is 3. The van der Waals surface area contributed by atoms with Gasteiger partial charge in [0.05, 0.1) is 28.7 Å². The second-order valence-electron chi connectivity index (χ2n) is 10.5. The molecule has 2 aromatic carbocycles. The first-order chi connectivity index (χ1) is 21.5. The molecule has 242 valence electrons. The lowest BCUT2D eigenvalue weighted by molar-refractivity contribution is -0.139. The Kier molecular flexibility index (Phi) is 8.74. The zero-order valence-electron chi connectivity index (χ0n) is 23.8. The summed E-state index contributed by atoms with van der Waals surface area (Å²) in [5, 5.41) is 7.83. The zero-order chi connectivity index (χ0) is 33.6. The topological polar surface area (TPSA) is 144 Å². The van der Waals surface area contributed by atoms with Crippen LogP contribution in [0.5, 0.6) is 5.75 Å². The first-order valence-corrected chi connectivity index (χ1v) is 16.3. The van der Waals surface area contributed by atoms with Gasteiger partial charge >= 0.3 is 6.18 Å². The normalized spacial score (nSPS) is 14.1. The molecule has 46 heavy (non-hydrogen) atoms. The molecule has 0 unspecified atom stereocenters. The Morgan fingerprint density at radius 1 is 1.04 bits per heavy atom. The maximum absolute atomic E-state index is 13.8. The monoisotopic (exact) mass is 698 g/mol. The number of sulfone groups is 1. The molecule has 1 aliphatic rings. The highest BCUT2D eigenvalue weighted by Crippen LogP contribution is 2.42. The molecule has 0 atom stereocenters. The highest BCUT2D eigenvalue weighted by Gasteiger charge is 2.52. The molecule has 3 N–H and O–H groups in total. The predicted octanol–water partition coefficient (Wildman–Crippen LogP) is 5.93. The fourth-order valence-electron chi connectivity index (χ4n) is 4.63. The SMILES string of the molecule is COc1ccc(C(=O)NCC2(S(C)(=O)=O)CC2)cc1C(=O)Nc1c(C(=O)Nc2ccc(F)c(C(F)(F)F)c2)sc2cc(Cl)ncc12. The summed E-state index contributed by atoms with van der Waals surface area (Å²) >= 11 is 6.87. The lowest BCUT2D eigenvalue weighted by Crippen LogP contribution is -2.38. The van der Waals surface area contributed by atoms with Crippen LogP contribution in [0.2, 0.25) is 5.15 Å². The number of anilines is 2. The summed E-state index contributed by atoms with van der Waals surface area (Å²) in [6.07, 6.45) is -1.79. The van der Waals surface area contributed by atoms with E-state index in [4.69, 9.17) is 16.3 Å². The van der Waals surface area contributed by atoms with E-state index in [1.165, 1.54) is 37.6 Å². The van der Waals surface area contributed by atoms with Gasteiger partial charge in [0.25, 0.3) is 17.7 Å². The van der Waals surface area contributed by atoms with Crippen LogP contribution in [-0.4, -0.2) is 55.8 Å². The Bertz CT molecular complexity index is 2010. The van der Waals surface area contributed by atoms with Gasteiger partial charge in [-0.3, -0.25) is 14.4 Å². The average Bonchev–Trinajstić information content (AvgIpc) is 3.72. The van der Waals surface area contributed by atoms with E-state index in [1.54, 1.807) is 0 Å². The van der Waals surface area contributed by atoms with E-state index in [1.807, 2.05) is 0 Å². The molecular weight excluding hydrogens is 676 g/mol. The van der Waals surface area contributed by atoms with Crippen molar-refractivity contribution < 1.29 is 45.1 Å². The van der Waals surface area contributed by atoms with Gasteiger partial charge in [-0.1, -0.05) is 11.6 Å². The van der Waals surface area contributed by atoms with Crippen LogP contribution < -0.4 is 20.7 Å². The smallest absolute Gasteiger partial charge is 0.419 e. The molecule has 0 spiro atoms. The second-order valence-corrected chi connectivity index (χ2v) is 14.3. The molecule has 5 rings (SSSR count). The number of nitrogens with one attached hydrogen (secondary N) is 3. The average molecular weight is 699 g/mol. The fourth-order valence-corrected chi connectivity index (χ4v) is 7.09. The number of carbonyl (C=O) groups is 3. The number of methoxy groups -OCH3 is 1. The van der Waals surface area contributed by atoms with Crippen LogP contribution >= 0.6 is 22.9 Å². The van der Waals surface area contributed by atoms with Crippen molar-refractivity contribution in [3.8, 4) is 5.75 Å². The summed E-state index contributed by atoms with van der Waals surface area (Å²) in [7, 11) is -2.11. The molecule has 2 aromatic heterocycles. The lowest BCUT2D eigenvalue weighted by Gasteiger charge is -2.15. The van der Waals surface area contributed by atoms with Gasteiger partial charge in [-0.05, 0) is 55.3 Å². The minimum Gasteiger partial charge on any atom is -0.496 e. The van der Waals surface area contributed by atoms with E-state index in [0.717, 1.165) is 23.7 Å². The first-order valence-electron chi connectivity index (χ1n) is 13.3. The summed E-state index contributed by atoms with van der Waals surface area (Å²) in [5.41, 5.74) is -2.10. The van der Waals surface area contributed by atoms with Gasteiger partial charge in [-0.15, -0.1) is 11.3 Å². The number of ether oxygens (including phenoxy) is 1. The largest absolute Gasteiger partial charge is 0.496 e. The number of alkyl halides is 3. The highest BCUT2D eigenvalue weighted by atomic mass is 35.5. The van der Waals surface area contributed by atoms with Gasteiger partial charge in [0.2, 0.25) is 0 Å². The number of nitrogens with zero attached hydrogens (tertiary/aromatic N) is 1. The van der Waals surface area contributed by atoms with Gasteiger partial charge in [0.15, 0.2) is 9.84 Å². The Hall–Kier alpha value is -4.28. The van der Waals surface area contributed by atoms with Crippen molar-refractivity contribution in [2.75, 3.05) is 30.5 Å². The van der Waals surface area contributed by atoms with Gasteiger partial charge in [-0.25, -0.2) is 17.8 Å². The third-order valence-electron chi connectivity index (χ3n) is 7.39. The quantitative estimate of drug-likeness (QED) is 0.145. The maximum Gasteiger partial charge on any atom is 0.419 e. The molecular formula is C29H23ClF4N4O6S2. The van der Waals surface area contributed by atoms with Crippen molar-refractivity contribution in [3.05, 3.63) is 81.2 Å². The number of aromatic nitrogens is 1. The van der Waals surface area contributed by atoms with Crippen molar-refractivity contribution >= 4 is 72.0 Å². The lowest BCUT2D eigenvalue weighted by atomic mass is 10.1. The first kappa shape index (κ1) is 33.1. The van der Waals surface area contributed by atoms with Crippen molar-refractivity contribution in [2.24, 2.45) is 0 Å². The minimum absolute atomic E-state index is 0.0219. The van der Waals surface area contributed by atoms with Gasteiger partial charge in [0, 0.05) is 40.3 Å². The number of halogens is 5. The standard InChI is InChI=1S/C29H23ClF4N4O6S2/c1-44-20-6-3-14(25(39)36-13-28(7-8-28)46(2,42)43)9-16(20)26(40)38-23-17-12-35-22(30)11-21(17)45-24(23)27(41)37-15-4-5-19(31)18(10-15)29(32,33)34/h3-6,9-12H,7-8,13H2,1-2H3,(H,36,39)(H,37,41)(H,38,40). The third-order valence-corrected chi connectivity index (χ3v) is 10.9. The zero-order valence-corrected chi connectivity index (χ0v) is 26.2. The summed E-state index contributed by atoms with van der Waals surface area (Å²) in [6, 6.07) is 7.35. The van der Waals surface area contributed by atoms with Gasteiger partial charge in [-0.2, -0.15) is 13.2 Å². The number of benzene rings is 2. The molecule has 3 amide bonds. The fraction of sp³-hybridized carbons (Fsp3) is 0.241. The van der Waals surface area contributed by atoms with Crippen molar-refractivity contribution in [1.82, 2.24) is 10.3 Å². The third kappa shape index (κ3) is 6.64. The number of hydrogen-bond acceptors (Lipinski definition) is 8. The van der Waals surface area contributed by atoms with Crippen LogP contribution in [0.4, 0.5) is 28.9 Å². The maximum atomic E-state index is 13.8. The Labute approximate surface area is 268 Å². The minimum atomic E-state index is -5.01. The number of carbonyl (C=O) groups excluding carboxylic acids is 3. The van der Waals surface area contributed by atoms with Crippen molar-refractivity contribution in [1.29, 1.82) is 0 Å². The molecule has 0 saturated heterocycles. The van der Waals surface area contributed by atoms with E-state index in [9.17, 15) is 40.4 Å². The highest BCUT2D eigenvalue weighted by molar-refractivity contribution is 7.92. The molecule has 0 aliphatic heterocycles. The van der Waals surface area contributed by atoms with Crippen LogP contribution in [0.1, 0.15) is 48.8 Å². The predicted molar refractivity (Wildman–Crippen MR) is 164 cm³/mol. The summed E-state index contributed by atoms with van der Waals surface area (Å²) < 4.78 is 82.4. The molecule has 17 heteroatoms. The van der Waals surface area contributed by atoms with Crippen LogP contribution in [0.25, 0.3) is 10.1 Å². The number of pyridine rings is 1. The summed E-state index contributed by atoms with van der Waals surface area (Å²) in [4.78, 5) is 43.7. The summed E-state index contributed by atoms with van der Waals surface area (Å²) in [6.45, 7) is -0.105. The summed E-state index contributed by atoms with van der Waals surface area (Å²) in [5.74, 6) is -3.85. The molecule has 0 radical (unpaired) electrons. The molecule has 0 bridgehead atoms. The van der Waals surface area contributed by atoms with E-state index in [-0.39, 0.29) is 50.2 Å². The second kappa shape index (κ2) is 12.1. The Morgan fingerprint density at radius 2 is 1.76 bits per heavy atom. The van der Waals surface area contributed by atoms with Crippen molar-refractivity contribution in [2.45, 2.75) is 23.8 Å². The number of thiophene rings is 1. The molecule has 1 fully saturated rings. The van der Waals surface area contributed by atoms with E-state index < -0.39 is 49.9 Å². The molecule has 1 aliphatic carbocycles. The van der Waals surface area contributed by atoms with Crippen LogP contribution in [-0.2, 0) is 16.0 Å². The Balaban J connectivity index is 1.45. The Morgan fingerprint density at radius 3 is 2.39 bits per heavy atom. The van der Waals surface area contributed by atoms with Crippen LogP contribution in [0.3, 0.4) is 0 Å². The number of fused-ring (bicyclic) bond motifs is 1. The molecule has 2 heterocycles. The van der Waals surface area contributed by atoms with Crippen LogP contribution in [0, 0.1) is 5.82 Å². The molecule has 1 saturated carbocycles.